The monoisotopic (exact) mass is 387 g/mol. The molecule has 2 N–H and O–H groups in total. The number of aryl methyl sites for hydroxylation is 1. The van der Waals surface area contributed by atoms with Crippen molar-refractivity contribution in [1.29, 1.82) is 0 Å². The van der Waals surface area contributed by atoms with Gasteiger partial charge >= 0.3 is 6.03 Å². The highest BCUT2D eigenvalue weighted by Crippen LogP contribution is 2.38. The summed E-state index contributed by atoms with van der Waals surface area (Å²) in [6.07, 6.45) is 5.87. The summed E-state index contributed by atoms with van der Waals surface area (Å²) in [5.41, 5.74) is 0.819. The summed E-state index contributed by atoms with van der Waals surface area (Å²) in [5.74, 6) is 0.490. The molecule has 0 spiro atoms. The lowest BCUT2D eigenvalue weighted by molar-refractivity contribution is -0.119. The number of rotatable bonds is 5. The van der Waals surface area contributed by atoms with Crippen LogP contribution in [0.25, 0.3) is 0 Å². The molecule has 0 radical (unpaired) electrons. The molecule has 1 saturated carbocycles. The zero-order valence-corrected chi connectivity index (χ0v) is 16.5. The van der Waals surface area contributed by atoms with E-state index in [4.69, 9.17) is 0 Å². The van der Waals surface area contributed by atoms with E-state index in [0.29, 0.717) is 6.04 Å². The van der Waals surface area contributed by atoms with Gasteiger partial charge in [-0.2, -0.15) is 0 Å². The van der Waals surface area contributed by atoms with Crippen molar-refractivity contribution in [2.75, 3.05) is 7.05 Å². The van der Waals surface area contributed by atoms with Crippen molar-refractivity contribution in [3.05, 3.63) is 41.7 Å². The number of urea groups is 1. The first-order valence-electron chi connectivity index (χ1n) is 9.26. The summed E-state index contributed by atoms with van der Waals surface area (Å²) in [4.78, 5) is 24.4. The quantitative estimate of drug-likeness (QED) is 0.768. The van der Waals surface area contributed by atoms with Gasteiger partial charge in [0, 0.05) is 13.1 Å². The van der Waals surface area contributed by atoms with Gasteiger partial charge in [-0.15, -0.1) is 10.2 Å². The van der Waals surface area contributed by atoms with Gasteiger partial charge in [-0.1, -0.05) is 61.4 Å². The van der Waals surface area contributed by atoms with E-state index in [-0.39, 0.29) is 5.91 Å². The predicted molar refractivity (Wildman–Crippen MR) is 105 cm³/mol. The van der Waals surface area contributed by atoms with Crippen LogP contribution >= 0.6 is 11.8 Å². The minimum Gasteiger partial charge on any atom is -0.341 e. The Kier molecular flexibility index (Phi) is 6.49. The zero-order chi connectivity index (χ0) is 19.2. The second-order valence-electron chi connectivity index (χ2n) is 6.67. The molecule has 3 amide bonds. The van der Waals surface area contributed by atoms with E-state index in [2.05, 4.69) is 25.4 Å². The van der Waals surface area contributed by atoms with Crippen LogP contribution in [0.3, 0.4) is 0 Å². The third-order valence-electron chi connectivity index (χ3n) is 4.80. The summed E-state index contributed by atoms with van der Waals surface area (Å²) in [5, 5.41) is 13.5. The molecular formula is C19H25N5O2S. The maximum absolute atomic E-state index is 12.8. The summed E-state index contributed by atoms with van der Waals surface area (Å²) >= 11 is 1.34. The molecule has 3 rings (SSSR count). The number of thioether (sulfide) groups is 1. The Bertz CT molecular complexity index is 787. The molecule has 1 heterocycles. The molecule has 0 unspecified atom stereocenters. The van der Waals surface area contributed by atoms with Gasteiger partial charge in [0.05, 0.1) is 0 Å². The van der Waals surface area contributed by atoms with Crippen LogP contribution in [0.2, 0.25) is 0 Å². The summed E-state index contributed by atoms with van der Waals surface area (Å²) in [6.45, 7) is 1.95. The summed E-state index contributed by atoms with van der Waals surface area (Å²) in [6, 6.07) is 9.28. The highest BCUT2D eigenvalue weighted by Gasteiger charge is 2.28. The number of hydrogen-bond donors (Lipinski definition) is 2. The van der Waals surface area contributed by atoms with Gasteiger partial charge in [0.15, 0.2) is 5.16 Å². The molecule has 1 aliphatic rings. The molecule has 7 nitrogen and oxygen atoms in total. The first-order valence-corrected chi connectivity index (χ1v) is 10.1. The van der Waals surface area contributed by atoms with E-state index < -0.39 is 11.3 Å². The van der Waals surface area contributed by atoms with Crippen LogP contribution in [0.1, 0.15) is 54.8 Å². The standard InChI is InChI=1S/C19H25N5O2S/c1-13-22-23-19(24(13)15-11-7-4-8-12-15)27-16(14-9-5-3-6-10-14)17(25)21-18(26)20-2/h3,5-6,9-10,15-16H,4,7-8,11-12H2,1-2H3,(H2,20,21,25,26)/t16-/m0/s1. The highest BCUT2D eigenvalue weighted by atomic mass is 32.2. The van der Waals surface area contributed by atoms with Crippen LogP contribution in [-0.2, 0) is 4.79 Å². The molecule has 1 atom stereocenters. The van der Waals surface area contributed by atoms with Gasteiger partial charge in [-0.25, -0.2) is 4.79 Å². The second-order valence-corrected chi connectivity index (χ2v) is 7.74. The average Bonchev–Trinajstić information content (AvgIpc) is 3.07. The largest absolute Gasteiger partial charge is 0.341 e. The number of carbonyl (C=O) groups excluding carboxylic acids is 2. The van der Waals surface area contributed by atoms with Gasteiger partial charge < -0.3 is 9.88 Å². The predicted octanol–water partition coefficient (Wildman–Crippen LogP) is 3.38. The molecular weight excluding hydrogens is 362 g/mol. The topological polar surface area (TPSA) is 88.9 Å². The third kappa shape index (κ3) is 4.68. The minimum absolute atomic E-state index is 0.370. The number of carbonyl (C=O) groups is 2. The molecule has 8 heteroatoms. The third-order valence-corrected chi connectivity index (χ3v) is 6.01. The first kappa shape index (κ1) is 19.4. The van der Waals surface area contributed by atoms with Crippen LogP contribution in [0.5, 0.6) is 0 Å². The van der Waals surface area contributed by atoms with Crippen molar-refractivity contribution in [2.45, 2.75) is 55.5 Å². The van der Waals surface area contributed by atoms with Gasteiger partial charge in [0.1, 0.15) is 11.1 Å². The molecule has 1 aromatic heterocycles. The van der Waals surface area contributed by atoms with Crippen LogP contribution in [0.4, 0.5) is 4.79 Å². The fraction of sp³-hybridized carbons (Fsp3) is 0.474. The molecule has 1 fully saturated rings. The van der Waals surface area contributed by atoms with E-state index in [9.17, 15) is 9.59 Å². The number of nitrogens with zero attached hydrogens (tertiary/aromatic N) is 3. The number of hydrogen-bond acceptors (Lipinski definition) is 5. The molecule has 0 saturated heterocycles. The average molecular weight is 388 g/mol. The van der Waals surface area contributed by atoms with Gasteiger partial charge in [0.25, 0.3) is 0 Å². The lowest BCUT2D eigenvalue weighted by Gasteiger charge is -2.26. The summed E-state index contributed by atoms with van der Waals surface area (Å²) in [7, 11) is 1.48. The van der Waals surface area contributed by atoms with Gasteiger partial charge in [-0.05, 0) is 25.3 Å². The van der Waals surface area contributed by atoms with E-state index >= 15 is 0 Å². The van der Waals surface area contributed by atoms with Crippen molar-refractivity contribution in [3.63, 3.8) is 0 Å². The van der Waals surface area contributed by atoms with E-state index in [0.717, 1.165) is 29.4 Å². The van der Waals surface area contributed by atoms with Crippen molar-refractivity contribution in [3.8, 4) is 0 Å². The number of amides is 3. The molecule has 27 heavy (non-hydrogen) atoms. The normalized spacial score (nSPS) is 15.9. The smallest absolute Gasteiger partial charge is 0.321 e. The molecule has 1 aromatic carbocycles. The number of nitrogens with one attached hydrogen (secondary N) is 2. The fourth-order valence-electron chi connectivity index (χ4n) is 3.44. The Balaban J connectivity index is 1.88. The highest BCUT2D eigenvalue weighted by molar-refractivity contribution is 8.00. The fourth-order valence-corrected chi connectivity index (χ4v) is 4.59. The molecule has 144 valence electrons. The number of benzene rings is 1. The van der Waals surface area contributed by atoms with Gasteiger partial charge in [0.2, 0.25) is 5.91 Å². The van der Waals surface area contributed by atoms with E-state index in [1.54, 1.807) is 0 Å². The minimum atomic E-state index is -0.588. The Labute approximate surface area is 163 Å². The van der Waals surface area contributed by atoms with Crippen molar-refractivity contribution in [2.24, 2.45) is 0 Å². The molecule has 0 bridgehead atoms. The van der Waals surface area contributed by atoms with Crippen LogP contribution in [0.15, 0.2) is 35.5 Å². The lowest BCUT2D eigenvalue weighted by Crippen LogP contribution is -2.39. The van der Waals surface area contributed by atoms with E-state index in [1.807, 2.05) is 37.3 Å². The van der Waals surface area contributed by atoms with Crippen molar-refractivity contribution < 1.29 is 9.59 Å². The summed E-state index contributed by atoms with van der Waals surface area (Å²) < 4.78 is 2.16. The molecule has 2 aromatic rings. The SMILES string of the molecule is CNC(=O)NC(=O)[C@@H](Sc1nnc(C)n1C1CCCCC1)c1ccccc1. The van der Waals surface area contributed by atoms with Crippen LogP contribution < -0.4 is 10.6 Å². The Morgan fingerprint density at radius 1 is 1.15 bits per heavy atom. The zero-order valence-electron chi connectivity index (χ0n) is 15.6. The second kappa shape index (κ2) is 9.03. The Hall–Kier alpha value is -2.35. The molecule has 1 aliphatic carbocycles. The first-order chi connectivity index (χ1) is 13.1. The number of imide groups is 1. The number of aromatic nitrogens is 3. The van der Waals surface area contributed by atoms with E-state index in [1.165, 1.54) is 38.1 Å². The lowest BCUT2D eigenvalue weighted by atomic mass is 9.95. The van der Waals surface area contributed by atoms with Crippen molar-refractivity contribution >= 4 is 23.7 Å². The Morgan fingerprint density at radius 2 is 1.85 bits per heavy atom. The molecule has 0 aliphatic heterocycles. The Morgan fingerprint density at radius 3 is 2.52 bits per heavy atom. The maximum Gasteiger partial charge on any atom is 0.321 e. The van der Waals surface area contributed by atoms with Gasteiger partial charge in [-0.3, -0.25) is 10.1 Å². The van der Waals surface area contributed by atoms with Crippen molar-refractivity contribution in [1.82, 2.24) is 25.4 Å². The van der Waals surface area contributed by atoms with Crippen LogP contribution in [-0.4, -0.2) is 33.8 Å². The van der Waals surface area contributed by atoms with Crippen LogP contribution in [0, 0.1) is 6.92 Å². The maximum atomic E-state index is 12.8.